The van der Waals surface area contributed by atoms with Crippen LogP contribution in [-0.2, 0) is 9.53 Å². The SMILES string of the molecule is CCCCC(CC)COCC(NCC)(C(N)=O)C1CC1. The quantitative estimate of drug-likeness (QED) is 0.578. The van der Waals surface area contributed by atoms with Crippen LogP contribution in [0.15, 0.2) is 0 Å². The fourth-order valence-electron chi connectivity index (χ4n) is 2.85. The van der Waals surface area contributed by atoms with E-state index in [4.69, 9.17) is 10.5 Å². The Labute approximate surface area is 123 Å². The van der Waals surface area contributed by atoms with Gasteiger partial charge >= 0.3 is 0 Å². The normalized spacial score (nSPS) is 19.6. The number of carbonyl (C=O) groups is 1. The monoisotopic (exact) mass is 284 g/mol. The number of amides is 1. The summed E-state index contributed by atoms with van der Waals surface area (Å²) in [5, 5.41) is 3.29. The highest BCUT2D eigenvalue weighted by atomic mass is 16.5. The van der Waals surface area contributed by atoms with Crippen molar-refractivity contribution in [3.05, 3.63) is 0 Å². The summed E-state index contributed by atoms with van der Waals surface area (Å²) < 4.78 is 5.90. The van der Waals surface area contributed by atoms with Gasteiger partial charge < -0.3 is 15.8 Å². The van der Waals surface area contributed by atoms with Gasteiger partial charge in [-0.2, -0.15) is 0 Å². The minimum atomic E-state index is -0.641. The summed E-state index contributed by atoms with van der Waals surface area (Å²) in [5.41, 5.74) is 5.01. The number of hydrogen-bond donors (Lipinski definition) is 2. The molecule has 0 spiro atoms. The maximum absolute atomic E-state index is 11.9. The summed E-state index contributed by atoms with van der Waals surface area (Å²) in [6, 6.07) is 0. The summed E-state index contributed by atoms with van der Waals surface area (Å²) in [6.07, 6.45) is 6.97. The second kappa shape index (κ2) is 8.63. The van der Waals surface area contributed by atoms with Crippen LogP contribution in [0.2, 0.25) is 0 Å². The molecule has 0 heterocycles. The summed E-state index contributed by atoms with van der Waals surface area (Å²) in [7, 11) is 0. The van der Waals surface area contributed by atoms with Crippen molar-refractivity contribution in [3.63, 3.8) is 0 Å². The predicted octanol–water partition coefficient (Wildman–Crippen LogP) is 2.46. The summed E-state index contributed by atoms with van der Waals surface area (Å²) in [6.45, 7) is 8.33. The highest BCUT2D eigenvalue weighted by Crippen LogP contribution is 2.40. The summed E-state index contributed by atoms with van der Waals surface area (Å²) in [5.74, 6) is 0.695. The van der Waals surface area contributed by atoms with Crippen LogP contribution in [0.1, 0.15) is 59.3 Å². The summed E-state index contributed by atoms with van der Waals surface area (Å²) in [4.78, 5) is 11.9. The fraction of sp³-hybridized carbons (Fsp3) is 0.938. The second-order valence-corrected chi connectivity index (χ2v) is 6.07. The van der Waals surface area contributed by atoms with Crippen LogP contribution >= 0.6 is 0 Å². The zero-order valence-electron chi connectivity index (χ0n) is 13.4. The molecule has 1 saturated carbocycles. The Bertz CT molecular complexity index is 292. The number of rotatable bonds is 12. The van der Waals surface area contributed by atoms with E-state index in [2.05, 4.69) is 19.2 Å². The Morgan fingerprint density at radius 3 is 2.55 bits per heavy atom. The topological polar surface area (TPSA) is 64.3 Å². The van der Waals surface area contributed by atoms with Crippen LogP contribution in [0.25, 0.3) is 0 Å². The first kappa shape index (κ1) is 17.4. The van der Waals surface area contributed by atoms with E-state index in [1.54, 1.807) is 0 Å². The van der Waals surface area contributed by atoms with Crippen molar-refractivity contribution in [1.29, 1.82) is 0 Å². The van der Waals surface area contributed by atoms with Gasteiger partial charge in [0, 0.05) is 6.61 Å². The Morgan fingerprint density at radius 1 is 1.40 bits per heavy atom. The number of likely N-dealkylation sites (N-methyl/N-ethyl adjacent to an activating group) is 1. The van der Waals surface area contributed by atoms with E-state index in [1.807, 2.05) is 6.92 Å². The first-order chi connectivity index (χ1) is 9.60. The molecule has 2 unspecified atom stereocenters. The van der Waals surface area contributed by atoms with E-state index >= 15 is 0 Å². The van der Waals surface area contributed by atoms with E-state index in [9.17, 15) is 4.79 Å². The summed E-state index contributed by atoms with van der Waals surface area (Å²) >= 11 is 0. The molecule has 0 aromatic carbocycles. The number of nitrogens with one attached hydrogen (secondary N) is 1. The molecule has 20 heavy (non-hydrogen) atoms. The number of hydrogen-bond acceptors (Lipinski definition) is 3. The zero-order chi connectivity index (χ0) is 15.0. The van der Waals surface area contributed by atoms with Gasteiger partial charge in [-0.1, -0.05) is 40.0 Å². The molecule has 0 radical (unpaired) electrons. The van der Waals surface area contributed by atoms with Crippen LogP contribution in [0, 0.1) is 11.8 Å². The van der Waals surface area contributed by atoms with Gasteiger partial charge in [-0.05, 0) is 37.6 Å². The highest BCUT2D eigenvalue weighted by Gasteiger charge is 2.49. The van der Waals surface area contributed by atoms with E-state index < -0.39 is 5.54 Å². The van der Waals surface area contributed by atoms with Crippen LogP contribution in [0.5, 0.6) is 0 Å². The van der Waals surface area contributed by atoms with Crippen molar-refractivity contribution in [2.75, 3.05) is 19.8 Å². The average Bonchev–Trinajstić information content (AvgIpc) is 3.25. The molecule has 118 valence electrons. The molecule has 0 aliphatic heterocycles. The standard InChI is InChI=1S/C16H32N2O2/c1-4-7-8-13(5-2)11-20-12-16(15(17)19,18-6-3)14-9-10-14/h13-14,18H,4-12H2,1-3H3,(H2,17,19). The van der Waals surface area contributed by atoms with Gasteiger partial charge in [0.1, 0.15) is 5.54 Å². The van der Waals surface area contributed by atoms with Gasteiger partial charge in [-0.25, -0.2) is 0 Å². The first-order valence-electron chi connectivity index (χ1n) is 8.23. The number of carbonyl (C=O) groups excluding carboxylic acids is 1. The predicted molar refractivity (Wildman–Crippen MR) is 82.5 cm³/mol. The van der Waals surface area contributed by atoms with Crippen molar-refractivity contribution in [2.24, 2.45) is 17.6 Å². The number of nitrogens with two attached hydrogens (primary N) is 1. The second-order valence-electron chi connectivity index (χ2n) is 6.07. The van der Waals surface area contributed by atoms with Crippen LogP contribution < -0.4 is 11.1 Å². The fourth-order valence-corrected chi connectivity index (χ4v) is 2.85. The van der Waals surface area contributed by atoms with Gasteiger partial charge in [0.25, 0.3) is 0 Å². The molecule has 4 nitrogen and oxygen atoms in total. The molecule has 3 N–H and O–H groups in total. The molecule has 1 rings (SSSR count). The van der Waals surface area contributed by atoms with Gasteiger partial charge in [-0.3, -0.25) is 4.79 Å². The Morgan fingerprint density at radius 2 is 2.10 bits per heavy atom. The molecule has 0 aromatic heterocycles. The molecule has 0 saturated heterocycles. The smallest absolute Gasteiger partial charge is 0.240 e. The molecular formula is C16H32N2O2. The lowest BCUT2D eigenvalue weighted by Gasteiger charge is -2.32. The third kappa shape index (κ3) is 4.74. The van der Waals surface area contributed by atoms with Gasteiger partial charge in [0.2, 0.25) is 5.91 Å². The van der Waals surface area contributed by atoms with Crippen LogP contribution in [-0.4, -0.2) is 31.2 Å². The van der Waals surface area contributed by atoms with Crippen molar-refractivity contribution >= 4 is 5.91 Å². The minimum Gasteiger partial charge on any atom is -0.379 e. The molecule has 4 heteroatoms. The van der Waals surface area contributed by atoms with Gasteiger partial charge in [0.05, 0.1) is 6.61 Å². The van der Waals surface area contributed by atoms with Crippen LogP contribution in [0.4, 0.5) is 0 Å². The first-order valence-corrected chi connectivity index (χ1v) is 8.23. The van der Waals surface area contributed by atoms with Gasteiger partial charge in [-0.15, -0.1) is 0 Å². The molecule has 2 atom stereocenters. The van der Waals surface area contributed by atoms with Crippen molar-refractivity contribution in [3.8, 4) is 0 Å². The van der Waals surface area contributed by atoms with Crippen LogP contribution in [0.3, 0.4) is 0 Å². The highest BCUT2D eigenvalue weighted by molar-refractivity contribution is 5.85. The zero-order valence-corrected chi connectivity index (χ0v) is 13.4. The van der Waals surface area contributed by atoms with E-state index in [0.717, 1.165) is 32.4 Å². The largest absolute Gasteiger partial charge is 0.379 e. The Balaban J connectivity index is 2.47. The maximum atomic E-state index is 11.9. The number of unbranched alkanes of at least 4 members (excludes halogenated alkanes) is 1. The van der Waals surface area contributed by atoms with E-state index in [0.29, 0.717) is 18.4 Å². The molecular weight excluding hydrogens is 252 g/mol. The number of primary amides is 1. The lowest BCUT2D eigenvalue weighted by molar-refractivity contribution is -0.128. The Kier molecular flexibility index (Phi) is 7.52. The lowest BCUT2D eigenvalue weighted by Crippen LogP contribution is -2.60. The molecule has 0 bridgehead atoms. The molecule has 1 aliphatic rings. The molecule has 1 aliphatic carbocycles. The number of ether oxygens (including phenoxy) is 1. The Hall–Kier alpha value is -0.610. The minimum absolute atomic E-state index is 0.261. The van der Waals surface area contributed by atoms with E-state index in [1.165, 1.54) is 19.3 Å². The molecule has 0 aromatic rings. The maximum Gasteiger partial charge on any atom is 0.240 e. The lowest BCUT2D eigenvalue weighted by atomic mass is 9.93. The van der Waals surface area contributed by atoms with E-state index in [-0.39, 0.29) is 5.91 Å². The molecule has 1 fully saturated rings. The van der Waals surface area contributed by atoms with Crippen molar-refractivity contribution < 1.29 is 9.53 Å². The van der Waals surface area contributed by atoms with Crippen molar-refractivity contribution in [2.45, 2.75) is 64.8 Å². The third-order valence-electron chi connectivity index (χ3n) is 4.43. The van der Waals surface area contributed by atoms with Crippen molar-refractivity contribution in [1.82, 2.24) is 5.32 Å². The molecule has 1 amide bonds. The van der Waals surface area contributed by atoms with Gasteiger partial charge in [0.15, 0.2) is 0 Å². The average molecular weight is 284 g/mol. The third-order valence-corrected chi connectivity index (χ3v) is 4.43.